The fourth-order valence-electron chi connectivity index (χ4n) is 4.25. The lowest BCUT2D eigenvalue weighted by molar-refractivity contribution is -0.143. The molecule has 2 saturated carbocycles. The van der Waals surface area contributed by atoms with Gasteiger partial charge in [-0.15, -0.1) is 0 Å². The van der Waals surface area contributed by atoms with Crippen LogP contribution < -0.4 is 10.6 Å². The average molecular weight is 367 g/mol. The molecule has 1 unspecified atom stereocenters. The summed E-state index contributed by atoms with van der Waals surface area (Å²) in [6, 6.07) is -0.662. The second kappa shape index (κ2) is 9.93. The van der Waals surface area contributed by atoms with Crippen LogP contribution in [0, 0.1) is 17.8 Å². The molecule has 1 atom stereocenters. The molecule has 6 heteroatoms. The zero-order valence-corrected chi connectivity index (χ0v) is 16.1. The first-order valence-corrected chi connectivity index (χ1v) is 10.2. The van der Waals surface area contributed by atoms with Crippen LogP contribution >= 0.6 is 0 Å². The molecule has 0 bridgehead atoms. The van der Waals surface area contributed by atoms with Crippen molar-refractivity contribution in [3.8, 4) is 0 Å². The summed E-state index contributed by atoms with van der Waals surface area (Å²) >= 11 is 0. The normalized spacial score (nSPS) is 25.0. The third kappa shape index (κ3) is 6.61. The van der Waals surface area contributed by atoms with E-state index in [-0.39, 0.29) is 29.7 Å². The Labute approximate surface area is 156 Å². The predicted octanol–water partition coefficient (Wildman–Crippen LogP) is 2.86. The number of carboxylic acids is 1. The summed E-state index contributed by atoms with van der Waals surface area (Å²) in [5, 5.41) is 15.1. The van der Waals surface area contributed by atoms with Crippen LogP contribution in [0.1, 0.15) is 78.1 Å². The van der Waals surface area contributed by atoms with E-state index in [0.29, 0.717) is 31.6 Å². The maximum Gasteiger partial charge on any atom is 0.326 e. The van der Waals surface area contributed by atoms with Crippen LogP contribution in [0.2, 0.25) is 0 Å². The van der Waals surface area contributed by atoms with Crippen LogP contribution in [0.15, 0.2) is 0 Å². The summed E-state index contributed by atoms with van der Waals surface area (Å²) in [7, 11) is 0. The van der Waals surface area contributed by atoms with Gasteiger partial charge >= 0.3 is 5.97 Å². The van der Waals surface area contributed by atoms with Crippen molar-refractivity contribution in [3.05, 3.63) is 0 Å². The summed E-state index contributed by atoms with van der Waals surface area (Å²) in [5.41, 5.74) is 0. The first-order valence-electron chi connectivity index (χ1n) is 10.2. The third-order valence-electron chi connectivity index (χ3n) is 5.73. The molecule has 0 spiro atoms. The minimum absolute atomic E-state index is 0.146. The molecule has 0 radical (unpaired) electrons. The summed E-state index contributed by atoms with van der Waals surface area (Å²) in [5.74, 6) is -0.374. The monoisotopic (exact) mass is 366 g/mol. The Bertz CT molecular complexity index is 492. The Kier molecular flexibility index (Phi) is 7.91. The van der Waals surface area contributed by atoms with Gasteiger partial charge < -0.3 is 15.7 Å². The zero-order valence-electron chi connectivity index (χ0n) is 16.1. The second-order valence-corrected chi connectivity index (χ2v) is 8.50. The molecule has 2 amide bonds. The molecule has 2 aliphatic carbocycles. The van der Waals surface area contributed by atoms with Gasteiger partial charge in [-0.1, -0.05) is 26.7 Å². The number of carboxylic acid groups (broad SMARTS) is 1. The van der Waals surface area contributed by atoms with Gasteiger partial charge in [-0.05, 0) is 56.8 Å². The highest BCUT2D eigenvalue weighted by Gasteiger charge is 2.30. The van der Waals surface area contributed by atoms with Crippen LogP contribution in [-0.4, -0.2) is 35.0 Å². The largest absolute Gasteiger partial charge is 0.480 e. The van der Waals surface area contributed by atoms with Gasteiger partial charge in [0, 0.05) is 18.4 Å². The quantitative estimate of drug-likeness (QED) is 0.615. The van der Waals surface area contributed by atoms with E-state index in [1.165, 1.54) is 25.7 Å². The number of nitrogens with one attached hydrogen (secondary N) is 2. The molecular formula is C20H34N2O4. The average Bonchev–Trinajstić information content (AvgIpc) is 3.07. The minimum Gasteiger partial charge on any atom is -0.480 e. The van der Waals surface area contributed by atoms with E-state index in [9.17, 15) is 19.5 Å². The van der Waals surface area contributed by atoms with E-state index >= 15 is 0 Å². The molecule has 2 aliphatic rings. The number of aliphatic carboxylic acids is 1. The number of carbonyl (C=O) groups excluding carboxylic acids is 2. The molecule has 148 valence electrons. The van der Waals surface area contributed by atoms with Crippen molar-refractivity contribution in [2.75, 3.05) is 0 Å². The molecule has 2 fully saturated rings. The molecule has 0 saturated heterocycles. The lowest BCUT2D eigenvalue weighted by Gasteiger charge is -2.29. The number of carbonyl (C=O) groups is 3. The number of amides is 2. The highest BCUT2D eigenvalue weighted by atomic mass is 16.4. The SMILES string of the molecule is CC(C)CC(NC(=O)C1CCC(NC(=O)CC2CCCC2)CC1)C(=O)O. The van der Waals surface area contributed by atoms with Crippen LogP contribution in [-0.2, 0) is 14.4 Å². The summed E-state index contributed by atoms with van der Waals surface area (Å²) in [6.45, 7) is 3.89. The molecule has 26 heavy (non-hydrogen) atoms. The van der Waals surface area contributed by atoms with E-state index < -0.39 is 12.0 Å². The lowest BCUT2D eigenvalue weighted by atomic mass is 9.85. The Morgan fingerprint density at radius 3 is 2.15 bits per heavy atom. The smallest absolute Gasteiger partial charge is 0.326 e. The van der Waals surface area contributed by atoms with E-state index in [1.807, 2.05) is 13.8 Å². The molecule has 0 aliphatic heterocycles. The maximum atomic E-state index is 12.4. The number of hydrogen-bond acceptors (Lipinski definition) is 3. The van der Waals surface area contributed by atoms with Gasteiger partial charge in [0.1, 0.15) is 6.04 Å². The van der Waals surface area contributed by atoms with E-state index in [1.54, 1.807) is 0 Å². The maximum absolute atomic E-state index is 12.4. The highest BCUT2D eigenvalue weighted by molar-refractivity contribution is 5.85. The molecule has 0 aromatic rings. The van der Waals surface area contributed by atoms with Crippen molar-refractivity contribution in [2.24, 2.45) is 17.8 Å². The third-order valence-corrected chi connectivity index (χ3v) is 5.73. The Morgan fingerprint density at radius 2 is 1.62 bits per heavy atom. The zero-order chi connectivity index (χ0) is 19.1. The highest BCUT2D eigenvalue weighted by Crippen LogP contribution is 2.28. The van der Waals surface area contributed by atoms with Gasteiger partial charge in [0.2, 0.25) is 11.8 Å². The second-order valence-electron chi connectivity index (χ2n) is 8.50. The minimum atomic E-state index is -0.972. The van der Waals surface area contributed by atoms with Crippen molar-refractivity contribution in [3.63, 3.8) is 0 Å². The van der Waals surface area contributed by atoms with E-state index in [0.717, 1.165) is 12.8 Å². The van der Waals surface area contributed by atoms with Crippen LogP contribution in [0.5, 0.6) is 0 Å². The van der Waals surface area contributed by atoms with Gasteiger partial charge in [0.05, 0.1) is 0 Å². The fraction of sp³-hybridized carbons (Fsp3) is 0.850. The molecule has 0 heterocycles. The number of hydrogen-bond donors (Lipinski definition) is 3. The van der Waals surface area contributed by atoms with Gasteiger partial charge in [-0.3, -0.25) is 9.59 Å². The Balaban J connectivity index is 1.71. The van der Waals surface area contributed by atoms with Crippen molar-refractivity contribution >= 4 is 17.8 Å². The fourth-order valence-corrected chi connectivity index (χ4v) is 4.25. The standard InChI is InChI=1S/C20H34N2O4/c1-13(2)11-17(20(25)26)22-19(24)15-7-9-16(10-8-15)21-18(23)12-14-5-3-4-6-14/h13-17H,3-12H2,1-2H3,(H,21,23)(H,22,24)(H,25,26). The van der Waals surface area contributed by atoms with Gasteiger partial charge in [0.15, 0.2) is 0 Å². The van der Waals surface area contributed by atoms with Gasteiger partial charge in [-0.25, -0.2) is 4.79 Å². The molecule has 0 aromatic heterocycles. The topological polar surface area (TPSA) is 95.5 Å². The van der Waals surface area contributed by atoms with Crippen molar-refractivity contribution in [1.82, 2.24) is 10.6 Å². The Hall–Kier alpha value is -1.59. The summed E-state index contributed by atoms with van der Waals surface area (Å²) < 4.78 is 0. The van der Waals surface area contributed by atoms with E-state index in [2.05, 4.69) is 10.6 Å². The van der Waals surface area contributed by atoms with Crippen LogP contribution in [0.4, 0.5) is 0 Å². The van der Waals surface area contributed by atoms with Crippen LogP contribution in [0.3, 0.4) is 0 Å². The van der Waals surface area contributed by atoms with E-state index in [4.69, 9.17) is 0 Å². The van der Waals surface area contributed by atoms with Crippen molar-refractivity contribution < 1.29 is 19.5 Å². The first kappa shape index (κ1) is 20.7. The molecule has 3 N–H and O–H groups in total. The lowest BCUT2D eigenvalue weighted by Crippen LogP contribution is -2.46. The Morgan fingerprint density at radius 1 is 1.00 bits per heavy atom. The molecule has 6 nitrogen and oxygen atoms in total. The summed E-state index contributed by atoms with van der Waals surface area (Å²) in [4.78, 5) is 35.8. The summed E-state index contributed by atoms with van der Waals surface area (Å²) in [6.07, 6.45) is 8.88. The van der Waals surface area contributed by atoms with Gasteiger partial charge in [-0.2, -0.15) is 0 Å². The van der Waals surface area contributed by atoms with Gasteiger partial charge in [0.25, 0.3) is 0 Å². The molecule has 2 rings (SSSR count). The molecule has 0 aromatic carbocycles. The first-order chi connectivity index (χ1) is 12.3. The predicted molar refractivity (Wildman–Crippen MR) is 99.5 cm³/mol. The van der Waals surface area contributed by atoms with Crippen LogP contribution in [0.25, 0.3) is 0 Å². The van der Waals surface area contributed by atoms with Crippen molar-refractivity contribution in [1.29, 1.82) is 0 Å². The molecular weight excluding hydrogens is 332 g/mol. The van der Waals surface area contributed by atoms with Crippen molar-refractivity contribution in [2.45, 2.75) is 90.1 Å². The number of rotatable bonds is 8.